The normalized spacial score (nSPS) is 21.0. The van der Waals surface area contributed by atoms with Crippen molar-refractivity contribution < 1.29 is 9.15 Å². The molecule has 1 unspecified atom stereocenters. The first-order valence-electron chi connectivity index (χ1n) is 16.6. The van der Waals surface area contributed by atoms with E-state index in [4.69, 9.17) is 0 Å². The SMILES string of the molecule is CC1=C2C(c3cccs3)=CC3=[N+]2C24n5c1cc(-c1cccs1)c5C(C)=C1C=C(c5cccs5)C(=[N+]12)C(C)=c1cc(-c2cccs2)c(n14)=C3C. The predicted octanol–water partition coefficient (Wildman–Crippen LogP) is 8.94. The second kappa shape index (κ2) is 8.94. The van der Waals surface area contributed by atoms with Gasteiger partial charge in [0.1, 0.15) is 0 Å². The van der Waals surface area contributed by atoms with Crippen LogP contribution in [0.1, 0.15) is 48.8 Å². The summed E-state index contributed by atoms with van der Waals surface area (Å²) in [5.41, 5.74) is 18.4. The molecule has 1 spiro atoms. The third-order valence-corrected chi connectivity index (χ3v) is 14.9. The molecular weight excluding hydrogens is 677 g/mol. The van der Waals surface area contributed by atoms with Crippen molar-refractivity contribution in [3.63, 3.8) is 0 Å². The second-order valence-electron chi connectivity index (χ2n) is 13.5. The lowest BCUT2D eigenvalue weighted by Crippen LogP contribution is -2.71. The van der Waals surface area contributed by atoms with E-state index >= 15 is 0 Å². The van der Waals surface area contributed by atoms with E-state index in [0.29, 0.717) is 0 Å². The summed E-state index contributed by atoms with van der Waals surface area (Å²) in [6.45, 7) is 9.41. The van der Waals surface area contributed by atoms with Gasteiger partial charge in [-0.3, -0.25) is 0 Å². The minimum Gasteiger partial charge on any atom is -0.198 e. The number of rotatable bonds is 4. The molecule has 0 bridgehead atoms. The van der Waals surface area contributed by atoms with Gasteiger partial charge in [-0.1, -0.05) is 33.4 Å². The van der Waals surface area contributed by atoms with E-state index in [1.165, 1.54) is 109 Å². The van der Waals surface area contributed by atoms with Gasteiger partial charge >= 0.3 is 5.91 Å². The van der Waals surface area contributed by atoms with Crippen molar-refractivity contribution in [2.24, 2.45) is 0 Å². The summed E-state index contributed by atoms with van der Waals surface area (Å²) in [6, 6.07) is 22.9. The molecule has 8 heteroatoms. The number of allylic oxidation sites excluding steroid dienone is 6. The Hall–Kier alpha value is -4.60. The maximum atomic E-state index is 2.72. The average Bonchev–Trinajstić information content (AvgIpc) is 3.96. The molecule has 234 valence electrons. The third-order valence-electron chi connectivity index (χ3n) is 11.3. The van der Waals surface area contributed by atoms with Gasteiger partial charge in [0.2, 0.25) is 22.8 Å². The van der Waals surface area contributed by atoms with Gasteiger partial charge in [-0.25, -0.2) is 0 Å². The number of hydrogen-bond donors (Lipinski definition) is 0. The lowest BCUT2D eigenvalue weighted by Gasteiger charge is -2.40. The van der Waals surface area contributed by atoms with Crippen LogP contribution in [0.15, 0.2) is 106 Å². The van der Waals surface area contributed by atoms with Crippen molar-refractivity contribution in [1.82, 2.24) is 9.13 Å². The highest BCUT2D eigenvalue weighted by Crippen LogP contribution is 2.56. The van der Waals surface area contributed by atoms with Crippen molar-refractivity contribution in [2.45, 2.75) is 33.6 Å². The van der Waals surface area contributed by atoms with Gasteiger partial charge in [0.15, 0.2) is 0 Å². The van der Waals surface area contributed by atoms with Crippen LogP contribution in [-0.2, 0) is 5.91 Å². The van der Waals surface area contributed by atoms with Crippen LogP contribution in [0.5, 0.6) is 0 Å². The second-order valence-corrected chi connectivity index (χ2v) is 17.3. The lowest BCUT2D eigenvalue weighted by molar-refractivity contribution is -0.834. The van der Waals surface area contributed by atoms with Crippen molar-refractivity contribution in [1.29, 1.82) is 0 Å². The van der Waals surface area contributed by atoms with Crippen LogP contribution in [0.2, 0.25) is 0 Å². The zero-order valence-corrected chi connectivity index (χ0v) is 30.4. The van der Waals surface area contributed by atoms with Crippen molar-refractivity contribution >= 4 is 90.2 Å². The summed E-state index contributed by atoms with van der Waals surface area (Å²) in [5, 5.41) is 11.5. The Bertz CT molecular complexity index is 2870. The van der Waals surface area contributed by atoms with Crippen molar-refractivity contribution in [3.05, 3.63) is 138 Å². The van der Waals surface area contributed by atoms with Crippen LogP contribution in [0.3, 0.4) is 0 Å². The van der Waals surface area contributed by atoms with E-state index in [2.05, 4.69) is 140 Å². The first kappa shape index (κ1) is 27.2. The highest BCUT2D eigenvalue weighted by atomic mass is 32.1. The smallest absolute Gasteiger partial charge is 0.198 e. The largest absolute Gasteiger partial charge is 0.553 e. The first-order valence-corrected chi connectivity index (χ1v) is 20.1. The molecule has 12 heterocycles. The van der Waals surface area contributed by atoms with E-state index in [1.807, 2.05) is 45.3 Å². The van der Waals surface area contributed by atoms with E-state index < -0.39 is 5.91 Å². The van der Waals surface area contributed by atoms with Gasteiger partial charge < -0.3 is 0 Å². The summed E-state index contributed by atoms with van der Waals surface area (Å²) >= 11 is 7.35. The molecule has 6 aromatic heterocycles. The maximum Gasteiger partial charge on any atom is 0.553 e. The molecule has 0 N–H and O–H groups in total. The number of aromatic nitrogens is 2. The van der Waals surface area contributed by atoms with Crippen LogP contribution in [0.25, 0.3) is 54.3 Å². The number of nitrogens with zero attached hydrogens (tertiary/aromatic N) is 4. The molecule has 6 aromatic rings. The van der Waals surface area contributed by atoms with Crippen molar-refractivity contribution in [2.75, 3.05) is 0 Å². The Balaban J connectivity index is 1.36. The monoisotopic (exact) mass is 704 g/mol. The Morgan fingerprint density at radius 3 is 1.88 bits per heavy atom. The molecule has 0 radical (unpaired) electrons. The molecule has 49 heavy (non-hydrogen) atoms. The van der Waals surface area contributed by atoms with Crippen LogP contribution in [0.4, 0.5) is 0 Å². The van der Waals surface area contributed by atoms with Gasteiger partial charge in [-0.05, 0) is 85.6 Å². The van der Waals surface area contributed by atoms with Crippen LogP contribution < -0.4 is 10.7 Å². The quantitative estimate of drug-likeness (QED) is 0.163. The first-order chi connectivity index (χ1) is 24.0. The highest BCUT2D eigenvalue weighted by Gasteiger charge is 2.73. The lowest BCUT2D eigenvalue weighted by atomic mass is 9.98. The summed E-state index contributed by atoms with van der Waals surface area (Å²) in [4.78, 5) is 5.25. The Morgan fingerprint density at radius 2 is 1.22 bits per heavy atom. The number of thiophene rings is 4. The van der Waals surface area contributed by atoms with E-state index in [0.717, 1.165) is 0 Å². The molecule has 6 aliphatic heterocycles. The molecule has 1 atom stereocenters. The molecule has 0 aliphatic carbocycles. The summed E-state index contributed by atoms with van der Waals surface area (Å²) in [7, 11) is 0. The molecule has 0 fully saturated rings. The summed E-state index contributed by atoms with van der Waals surface area (Å²) in [6.07, 6.45) is 4.99. The standard InChI is InChI=1S/C41H28N4S4/c1-21-29-17-26(34-10-6-14-47-34)38-23(3)31-19-28(36-12-8-16-49-36)40-24(4)32-20-27(35-11-7-15-48-35)39-22(2)30-18-25(33-9-5-13-46-33)37(21)43(30)41(42(29)38,44(31)40)45(32)39/h5-20H,1-4H3/q+2. The van der Waals surface area contributed by atoms with E-state index in [9.17, 15) is 0 Å². The minimum atomic E-state index is -0.723. The Labute approximate surface area is 298 Å². The molecule has 0 saturated heterocycles. The predicted molar refractivity (Wildman–Crippen MR) is 207 cm³/mol. The van der Waals surface area contributed by atoms with Gasteiger partial charge in [0.05, 0.1) is 33.2 Å². The zero-order valence-electron chi connectivity index (χ0n) is 27.2. The van der Waals surface area contributed by atoms with Crippen LogP contribution >= 0.6 is 45.3 Å². The summed E-state index contributed by atoms with van der Waals surface area (Å²) in [5.74, 6) is -0.723. The molecule has 0 aromatic carbocycles. The topological polar surface area (TPSA) is 15.9 Å². The zero-order chi connectivity index (χ0) is 32.5. The van der Waals surface area contributed by atoms with E-state index in [1.54, 1.807) is 0 Å². The fourth-order valence-electron chi connectivity index (χ4n) is 9.43. The van der Waals surface area contributed by atoms with Gasteiger partial charge in [-0.2, -0.15) is 9.13 Å². The Morgan fingerprint density at radius 1 is 0.592 bits per heavy atom. The molecular formula is C41H28N4S4+2. The molecule has 4 nitrogen and oxygen atoms in total. The molecule has 0 saturated carbocycles. The molecule has 6 aliphatic rings. The fourth-order valence-corrected chi connectivity index (χ4v) is 12.4. The van der Waals surface area contributed by atoms with Crippen LogP contribution in [-0.4, -0.2) is 29.7 Å². The fraction of sp³-hybridized carbons (Fsp3) is 0.122. The number of hydrogen-bond acceptors (Lipinski definition) is 4. The van der Waals surface area contributed by atoms with Crippen molar-refractivity contribution in [3.8, 4) is 20.9 Å². The highest BCUT2D eigenvalue weighted by molar-refractivity contribution is 7.14. The molecule has 12 rings (SSSR count). The van der Waals surface area contributed by atoms with Crippen LogP contribution in [0, 0.1) is 0 Å². The molecule has 0 amide bonds. The Kier molecular flexibility index (Phi) is 4.97. The van der Waals surface area contributed by atoms with Gasteiger partial charge in [-0.15, -0.1) is 45.3 Å². The maximum absolute atomic E-state index is 2.72. The minimum absolute atomic E-state index is 0.723. The van der Waals surface area contributed by atoms with Gasteiger partial charge in [0, 0.05) is 65.1 Å². The third kappa shape index (κ3) is 2.93. The van der Waals surface area contributed by atoms with Gasteiger partial charge in [0.25, 0.3) is 0 Å². The summed E-state index contributed by atoms with van der Waals surface area (Å²) < 4.78 is 10.9. The average molecular weight is 705 g/mol. The van der Waals surface area contributed by atoms with E-state index in [-0.39, 0.29) is 0 Å².